The molecular weight excluding hydrogens is 270 g/mol. The summed E-state index contributed by atoms with van der Waals surface area (Å²) in [6, 6.07) is 4.03. The maximum Gasteiger partial charge on any atom is 0.259 e. The summed E-state index contributed by atoms with van der Waals surface area (Å²) < 4.78 is 0. The first-order valence-electron chi connectivity index (χ1n) is 7.13. The van der Waals surface area contributed by atoms with E-state index >= 15 is 0 Å². The summed E-state index contributed by atoms with van der Waals surface area (Å²) >= 11 is 1.45. The molecule has 0 spiro atoms. The van der Waals surface area contributed by atoms with Crippen LogP contribution in [0.4, 0.5) is 0 Å². The first-order chi connectivity index (χ1) is 9.74. The van der Waals surface area contributed by atoms with Gasteiger partial charge in [-0.05, 0) is 43.5 Å². The van der Waals surface area contributed by atoms with E-state index in [1.165, 1.54) is 42.8 Å². The second-order valence-electron chi connectivity index (χ2n) is 5.81. The fraction of sp³-hybridized carbons (Fsp3) is 0.467. The molecule has 3 aliphatic rings. The molecule has 5 heterocycles. The second-order valence-corrected chi connectivity index (χ2v) is 6.81. The topological polar surface area (TPSA) is 59.2 Å². The van der Waals surface area contributed by atoms with Gasteiger partial charge in [0.1, 0.15) is 4.83 Å². The van der Waals surface area contributed by atoms with Crippen molar-refractivity contribution >= 4 is 27.5 Å². The highest BCUT2D eigenvalue weighted by molar-refractivity contribution is 7.20. The number of rotatable bonds is 2. The number of pyridine rings is 1. The molecule has 3 fully saturated rings. The highest BCUT2D eigenvalue weighted by Gasteiger charge is 2.38. The van der Waals surface area contributed by atoms with Crippen LogP contribution in [0, 0.1) is 5.92 Å². The molecule has 0 unspecified atom stereocenters. The Kier molecular flexibility index (Phi) is 2.79. The van der Waals surface area contributed by atoms with Crippen LogP contribution in [0.5, 0.6) is 0 Å². The highest BCUT2D eigenvalue weighted by atomic mass is 32.1. The molecule has 104 valence electrons. The number of amides is 1. The van der Waals surface area contributed by atoms with Gasteiger partial charge in [-0.15, -0.1) is 11.3 Å². The third kappa shape index (κ3) is 1.77. The normalized spacial score (nSPS) is 28.9. The van der Waals surface area contributed by atoms with Crippen molar-refractivity contribution < 1.29 is 4.79 Å². The molecule has 4 nitrogen and oxygen atoms in total. The van der Waals surface area contributed by atoms with Gasteiger partial charge in [-0.1, -0.05) is 6.07 Å². The predicted octanol–water partition coefficient (Wildman–Crippen LogP) is 2.20. The van der Waals surface area contributed by atoms with Crippen LogP contribution < -0.4 is 5.73 Å². The van der Waals surface area contributed by atoms with E-state index in [0.717, 1.165) is 21.6 Å². The summed E-state index contributed by atoms with van der Waals surface area (Å²) in [6.45, 7) is 3.46. The summed E-state index contributed by atoms with van der Waals surface area (Å²) in [7, 11) is 0. The quantitative estimate of drug-likeness (QED) is 0.921. The van der Waals surface area contributed by atoms with E-state index in [0.29, 0.717) is 11.8 Å². The van der Waals surface area contributed by atoms with Crippen molar-refractivity contribution in [2.45, 2.75) is 18.8 Å². The van der Waals surface area contributed by atoms with Crippen molar-refractivity contribution in [3.8, 4) is 0 Å². The van der Waals surface area contributed by atoms with Crippen LogP contribution in [-0.2, 0) is 0 Å². The Bertz CT molecular complexity index is 673. The van der Waals surface area contributed by atoms with Crippen LogP contribution in [0.2, 0.25) is 0 Å². The summed E-state index contributed by atoms with van der Waals surface area (Å²) in [5, 5.41) is 1.13. The molecule has 2 aromatic rings. The molecular formula is C15H17N3OS. The smallest absolute Gasteiger partial charge is 0.259 e. The molecule has 2 N–H and O–H groups in total. The Morgan fingerprint density at radius 1 is 1.40 bits per heavy atom. The number of primary amides is 1. The maximum absolute atomic E-state index is 11.8. The molecule has 0 aliphatic carbocycles. The van der Waals surface area contributed by atoms with Crippen LogP contribution in [0.15, 0.2) is 18.3 Å². The zero-order valence-electron chi connectivity index (χ0n) is 11.2. The number of fused-ring (bicyclic) bond motifs is 4. The number of nitrogens with zero attached hydrogens (tertiary/aromatic N) is 2. The fourth-order valence-electron chi connectivity index (χ4n) is 3.79. The van der Waals surface area contributed by atoms with E-state index in [9.17, 15) is 4.79 Å². The lowest BCUT2D eigenvalue weighted by atomic mass is 9.75. The first-order valence-corrected chi connectivity index (χ1v) is 7.95. The molecule has 2 aromatic heterocycles. The SMILES string of the molecule is NC(=O)c1sc2ncccc2c1[C@H]1CN2CCC1CC2. The lowest BCUT2D eigenvalue weighted by Gasteiger charge is -2.45. The Labute approximate surface area is 121 Å². The molecule has 0 aromatic carbocycles. The standard InChI is InChI=1S/C15H17N3OS/c16-14(19)13-12(10-2-1-5-17-15(10)20-13)11-8-18-6-3-9(11)4-7-18/h1-2,5,9,11H,3-4,6-8H2,(H2,16,19)/t11-/m0/s1. The lowest BCUT2D eigenvalue weighted by Crippen LogP contribution is -2.46. The van der Waals surface area contributed by atoms with Gasteiger partial charge < -0.3 is 10.6 Å². The average molecular weight is 287 g/mol. The van der Waals surface area contributed by atoms with Crippen molar-refractivity contribution in [2.24, 2.45) is 11.7 Å². The summed E-state index contributed by atoms with van der Waals surface area (Å²) in [5.41, 5.74) is 6.78. The summed E-state index contributed by atoms with van der Waals surface area (Å²) in [6.07, 6.45) is 4.25. The molecule has 3 saturated heterocycles. The fourth-order valence-corrected chi connectivity index (χ4v) is 4.86. The van der Waals surface area contributed by atoms with Gasteiger partial charge in [0.25, 0.3) is 5.91 Å². The molecule has 0 radical (unpaired) electrons. The van der Waals surface area contributed by atoms with E-state index in [1.54, 1.807) is 6.20 Å². The number of nitrogens with two attached hydrogens (primary N) is 1. The molecule has 5 heteroatoms. The van der Waals surface area contributed by atoms with Crippen LogP contribution >= 0.6 is 11.3 Å². The highest BCUT2D eigenvalue weighted by Crippen LogP contribution is 2.44. The zero-order chi connectivity index (χ0) is 13.7. The number of hydrogen-bond acceptors (Lipinski definition) is 4. The largest absolute Gasteiger partial charge is 0.365 e. The third-order valence-electron chi connectivity index (χ3n) is 4.76. The van der Waals surface area contributed by atoms with Gasteiger partial charge >= 0.3 is 0 Å². The number of carbonyl (C=O) groups excluding carboxylic acids is 1. The van der Waals surface area contributed by atoms with Crippen LogP contribution in [0.3, 0.4) is 0 Å². The van der Waals surface area contributed by atoms with Crippen molar-refractivity contribution in [1.29, 1.82) is 0 Å². The zero-order valence-corrected chi connectivity index (χ0v) is 12.0. The Morgan fingerprint density at radius 3 is 2.85 bits per heavy atom. The molecule has 1 atom stereocenters. The lowest BCUT2D eigenvalue weighted by molar-refractivity contribution is 0.0864. The molecule has 1 amide bonds. The van der Waals surface area contributed by atoms with Gasteiger partial charge in [-0.25, -0.2) is 4.98 Å². The second kappa shape index (κ2) is 4.53. The monoisotopic (exact) mass is 287 g/mol. The van der Waals surface area contributed by atoms with Gasteiger partial charge in [-0.2, -0.15) is 0 Å². The van der Waals surface area contributed by atoms with Gasteiger partial charge in [0.15, 0.2) is 0 Å². The number of piperidine rings is 3. The minimum Gasteiger partial charge on any atom is -0.365 e. The van der Waals surface area contributed by atoms with Gasteiger partial charge in [0.05, 0.1) is 4.88 Å². The Hall–Kier alpha value is -1.46. The van der Waals surface area contributed by atoms with Gasteiger partial charge in [0, 0.05) is 24.0 Å². The van der Waals surface area contributed by atoms with Crippen molar-refractivity contribution in [3.05, 3.63) is 28.8 Å². The number of hydrogen-bond donors (Lipinski definition) is 1. The summed E-state index contributed by atoms with van der Waals surface area (Å²) in [4.78, 5) is 20.4. The minimum atomic E-state index is -0.306. The van der Waals surface area contributed by atoms with Crippen molar-refractivity contribution in [1.82, 2.24) is 9.88 Å². The molecule has 2 bridgehead atoms. The average Bonchev–Trinajstić information content (AvgIpc) is 2.88. The van der Waals surface area contributed by atoms with Gasteiger partial charge in [-0.3, -0.25) is 4.79 Å². The van der Waals surface area contributed by atoms with E-state index < -0.39 is 0 Å². The molecule has 20 heavy (non-hydrogen) atoms. The van der Waals surface area contributed by atoms with Crippen LogP contribution in [0.25, 0.3) is 10.2 Å². The molecule has 5 rings (SSSR count). The number of thiophene rings is 1. The van der Waals surface area contributed by atoms with Crippen LogP contribution in [0.1, 0.15) is 34.0 Å². The first kappa shape index (κ1) is 12.3. The minimum absolute atomic E-state index is 0.306. The van der Waals surface area contributed by atoms with E-state index in [4.69, 9.17) is 5.73 Å². The predicted molar refractivity (Wildman–Crippen MR) is 80.0 cm³/mol. The Morgan fingerprint density at radius 2 is 2.20 bits per heavy atom. The van der Waals surface area contributed by atoms with Crippen molar-refractivity contribution in [3.63, 3.8) is 0 Å². The van der Waals surface area contributed by atoms with Crippen LogP contribution in [-0.4, -0.2) is 35.4 Å². The third-order valence-corrected chi connectivity index (χ3v) is 5.90. The molecule has 3 aliphatic heterocycles. The summed E-state index contributed by atoms with van der Waals surface area (Å²) in [5.74, 6) is 0.827. The number of carbonyl (C=O) groups is 1. The Balaban J connectivity index is 1.89. The number of aromatic nitrogens is 1. The van der Waals surface area contributed by atoms with E-state index in [-0.39, 0.29) is 5.91 Å². The molecule has 0 saturated carbocycles. The maximum atomic E-state index is 11.8. The van der Waals surface area contributed by atoms with Crippen molar-refractivity contribution in [2.75, 3.05) is 19.6 Å². The van der Waals surface area contributed by atoms with E-state index in [1.807, 2.05) is 6.07 Å². The van der Waals surface area contributed by atoms with Gasteiger partial charge in [0.2, 0.25) is 0 Å². The van der Waals surface area contributed by atoms with E-state index in [2.05, 4.69) is 16.0 Å².